The molecule has 3 N–H and O–H groups in total. The van der Waals surface area contributed by atoms with Gasteiger partial charge in [0.2, 0.25) is 0 Å². The molecule has 3 rings (SSSR count). The van der Waals surface area contributed by atoms with Crippen molar-refractivity contribution in [3.8, 4) is 11.5 Å². The van der Waals surface area contributed by atoms with Crippen molar-refractivity contribution in [1.29, 1.82) is 0 Å². The van der Waals surface area contributed by atoms with Gasteiger partial charge in [-0.2, -0.15) is 0 Å². The molecule has 0 fully saturated rings. The van der Waals surface area contributed by atoms with E-state index in [1.54, 1.807) is 7.11 Å². The van der Waals surface area contributed by atoms with E-state index in [9.17, 15) is 9.90 Å². The van der Waals surface area contributed by atoms with Gasteiger partial charge >= 0.3 is 5.97 Å². The third-order valence-electron chi connectivity index (χ3n) is 4.54. The van der Waals surface area contributed by atoms with Gasteiger partial charge in [-0.1, -0.05) is 34.1 Å². The van der Waals surface area contributed by atoms with Gasteiger partial charge in [-0.15, -0.1) is 12.4 Å². The molecule has 2 aromatic carbocycles. The van der Waals surface area contributed by atoms with Crippen LogP contribution in [0.3, 0.4) is 0 Å². The number of aromatic nitrogens is 1. The normalized spacial score (nSPS) is 11.7. The van der Waals surface area contributed by atoms with Crippen molar-refractivity contribution < 1.29 is 19.4 Å². The molecule has 0 aliphatic rings. The summed E-state index contributed by atoms with van der Waals surface area (Å²) in [6.45, 7) is 2.73. The van der Waals surface area contributed by atoms with Gasteiger partial charge in [-0.25, -0.2) is 0 Å². The summed E-state index contributed by atoms with van der Waals surface area (Å²) in [5, 5.41) is 13.9. The Balaban J connectivity index is 0.00000300. The van der Waals surface area contributed by atoms with Crippen LogP contribution in [0.25, 0.3) is 10.9 Å². The van der Waals surface area contributed by atoms with Crippen LogP contribution in [0.1, 0.15) is 18.1 Å². The molecule has 0 radical (unpaired) electrons. The molecular formula is C21H24BrClN2O4. The molecule has 0 amide bonds. The molecule has 0 bridgehead atoms. The highest BCUT2D eigenvalue weighted by atomic mass is 79.9. The van der Waals surface area contributed by atoms with Crippen LogP contribution in [0, 0.1) is 0 Å². The molecule has 1 atom stereocenters. The predicted octanol–water partition coefficient (Wildman–Crippen LogP) is 4.55. The van der Waals surface area contributed by atoms with Crippen molar-refractivity contribution in [2.45, 2.75) is 25.9 Å². The summed E-state index contributed by atoms with van der Waals surface area (Å²) in [6, 6.07) is 10.9. The second kappa shape index (κ2) is 10.5. The Morgan fingerprint density at radius 3 is 2.72 bits per heavy atom. The summed E-state index contributed by atoms with van der Waals surface area (Å²) in [5.74, 6) is 0.332. The highest BCUT2D eigenvalue weighted by Crippen LogP contribution is 2.35. The van der Waals surface area contributed by atoms with Crippen molar-refractivity contribution in [3.63, 3.8) is 0 Å². The Hall–Kier alpha value is -2.22. The van der Waals surface area contributed by atoms with Gasteiger partial charge in [-0.3, -0.25) is 10.1 Å². The quantitative estimate of drug-likeness (QED) is 0.416. The average Bonchev–Trinajstić information content (AvgIpc) is 3.09. The Kier molecular flexibility index (Phi) is 8.37. The molecule has 3 aromatic rings. The minimum atomic E-state index is -0.898. The SMILES string of the molecule is CCOc1c(CNC(Cc2c[nH]c3ccccc23)C(=O)O)cc(Br)cc1OC.Cl. The number of aliphatic carboxylic acids is 1. The van der Waals surface area contributed by atoms with Gasteiger partial charge in [0.25, 0.3) is 0 Å². The molecule has 6 nitrogen and oxygen atoms in total. The van der Waals surface area contributed by atoms with E-state index in [1.165, 1.54) is 0 Å². The van der Waals surface area contributed by atoms with Crippen molar-refractivity contribution in [3.05, 3.63) is 58.2 Å². The van der Waals surface area contributed by atoms with E-state index >= 15 is 0 Å². The third kappa shape index (κ3) is 5.44. The van der Waals surface area contributed by atoms with Crippen molar-refractivity contribution in [1.82, 2.24) is 10.3 Å². The van der Waals surface area contributed by atoms with Crippen molar-refractivity contribution >= 4 is 45.2 Å². The summed E-state index contributed by atoms with van der Waals surface area (Å²) < 4.78 is 12.0. The van der Waals surface area contributed by atoms with Crippen molar-refractivity contribution in [2.24, 2.45) is 0 Å². The first-order valence-corrected chi connectivity index (χ1v) is 9.83. The van der Waals surface area contributed by atoms with Crippen LogP contribution in [-0.4, -0.2) is 35.8 Å². The topological polar surface area (TPSA) is 83.6 Å². The number of benzene rings is 2. The zero-order valence-electron chi connectivity index (χ0n) is 16.2. The molecule has 0 aliphatic heterocycles. The average molecular weight is 484 g/mol. The Morgan fingerprint density at radius 2 is 2.03 bits per heavy atom. The number of carboxylic acids is 1. The number of H-pyrrole nitrogens is 1. The molecule has 29 heavy (non-hydrogen) atoms. The van der Waals surface area contributed by atoms with Crippen LogP contribution in [-0.2, 0) is 17.8 Å². The number of methoxy groups -OCH3 is 1. The lowest BCUT2D eigenvalue weighted by atomic mass is 10.0. The number of halogens is 2. The fraction of sp³-hybridized carbons (Fsp3) is 0.286. The van der Waals surface area contributed by atoms with Gasteiger partial charge < -0.3 is 19.6 Å². The molecular weight excluding hydrogens is 460 g/mol. The van der Waals surface area contributed by atoms with E-state index in [0.29, 0.717) is 31.1 Å². The summed E-state index contributed by atoms with van der Waals surface area (Å²) >= 11 is 3.47. The van der Waals surface area contributed by atoms with Crippen LogP contribution < -0.4 is 14.8 Å². The molecule has 156 valence electrons. The van der Waals surface area contributed by atoms with E-state index in [1.807, 2.05) is 49.5 Å². The number of carbonyl (C=O) groups is 1. The summed E-state index contributed by atoms with van der Waals surface area (Å²) in [4.78, 5) is 15.0. The highest BCUT2D eigenvalue weighted by Gasteiger charge is 2.21. The Morgan fingerprint density at radius 1 is 1.28 bits per heavy atom. The van der Waals surface area contributed by atoms with Gasteiger partial charge in [0.15, 0.2) is 11.5 Å². The second-order valence-corrected chi connectivity index (χ2v) is 7.28. The van der Waals surface area contributed by atoms with E-state index in [-0.39, 0.29) is 12.4 Å². The van der Waals surface area contributed by atoms with Crippen LogP contribution in [0.15, 0.2) is 47.1 Å². The molecule has 1 unspecified atom stereocenters. The minimum Gasteiger partial charge on any atom is -0.493 e. The van der Waals surface area contributed by atoms with E-state index in [2.05, 4.69) is 26.2 Å². The van der Waals surface area contributed by atoms with Crippen LogP contribution in [0.2, 0.25) is 0 Å². The number of ether oxygens (including phenoxy) is 2. The number of rotatable bonds is 9. The lowest BCUT2D eigenvalue weighted by Crippen LogP contribution is -2.38. The maximum atomic E-state index is 11.8. The standard InChI is InChI=1S/C21H23BrN2O4.ClH/c1-3-28-20-14(8-15(22)10-19(20)27-2)12-24-18(21(25)26)9-13-11-23-17-7-5-4-6-16(13)17;/h4-8,10-11,18,23-24H,3,9,12H2,1-2H3,(H,25,26);1H. The summed E-state index contributed by atoms with van der Waals surface area (Å²) in [7, 11) is 1.58. The smallest absolute Gasteiger partial charge is 0.321 e. The summed E-state index contributed by atoms with van der Waals surface area (Å²) in [6.07, 6.45) is 2.24. The molecule has 0 saturated heterocycles. The molecule has 0 saturated carbocycles. The lowest BCUT2D eigenvalue weighted by molar-refractivity contribution is -0.139. The zero-order valence-corrected chi connectivity index (χ0v) is 18.6. The fourth-order valence-corrected chi connectivity index (χ4v) is 3.70. The van der Waals surface area contributed by atoms with Gasteiger partial charge in [0.1, 0.15) is 6.04 Å². The number of fused-ring (bicyclic) bond motifs is 1. The molecule has 1 aromatic heterocycles. The maximum Gasteiger partial charge on any atom is 0.321 e. The highest BCUT2D eigenvalue weighted by molar-refractivity contribution is 9.10. The number of hydrogen-bond acceptors (Lipinski definition) is 4. The Labute approximate surface area is 184 Å². The monoisotopic (exact) mass is 482 g/mol. The number of hydrogen-bond donors (Lipinski definition) is 3. The van der Waals surface area contributed by atoms with E-state index < -0.39 is 12.0 Å². The zero-order chi connectivity index (χ0) is 20.1. The Bertz CT molecular complexity index is 976. The summed E-state index contributed by atoms with van der Waals surface area (Å²) in [5.41, 5.74) is 2.79. The maximum absolute atomic E-state index is 11.8. The minimum absolute atomic E-state index is 0. The number of aromatic amines is 1. The molecule has 1 heterocycles. The van der Waals surface area contributed by atoms with Crippen molar-refractivity contribution in [2.75, 3.05) is 13.7 Å². The second-order valence-electron chi connectivity index (χ2n) is 6.36. The van der Waals surface area contributed by atoms with Gasteiger partial charge in [0, 0.05) is 40.1 Å². The lowest BCUT2D eigenvalue weighted by Gasteiger charge is -2.18. The number of carboxylic acid groups (broad SMARTS) is 1. The van der Waals surface area contributed by atoms with Crippen LogP contribution in [0.5, 0.6) is 11.5 Å². The first kappa shape index (κ1) is 23.1. The third-order valence-corrected chi connectivity index (χ3v) is 5.00. The van der Waals surface area contributed by atoms with Crippen LogP contribution >= 0.6 is 28.3 Å². The molecule has 0 spiro atoms. The van der Waals surface area contributed by atoms with Gasteiger partial charge in [-0.05, 0) is 30.7 Å². The fourth-order valence-electron chi connectivity index (χ4n) is 3.21. The van der Waals surface area contributed by atoms with Crippen LogP contribution in [0.4, 0.5) is 0 Å². The van der Waals surface area contributed by atoms with E-state index in [4.69, 9.17) is 9.47 Å². The van der Waals surface area contributed by atoms with E-state index in [0.717, 1.165) is 26.5 Å². The first-order chi connectivity index (χ1) is 13.5. The largest absolute Gasteiger partial charge is 0.493 e. The van der Waals surface area contributed by atoms with Gasteiger partial charge in [0.05, 0.1) is 13.7 Å². The predicted molar refractivity (Wildman–Crippen MR) is 119 cm³/mol. The first-order valence-electron chi connectivity index (χ1n) is 9.03. The molecule has 8 heteroatoms. The number of nitrogens with one attached hydrogen (secondary N) is 2. The number of para-hydroxylation sites is 1. The molecule has 0 aliphatic carbocycles.